The number of hydrogen-bond donors (Lipinski definition) is 1. The fourth-order valence-electron chi connectivity index (χ4n) is 1.02. The highest BCUT2D eigenvalue weighted by atomic mass is 16.1. The van der Waals surface area contributed by atoms with Crippen LogP contribution in [0.5, 0.6) is 0 Å². The number of terminal acetylenes is 1. The molecule has 13 heavy (non-hydrogen) atoms. The summed E-state index contributed by atoms with van der Waals surface area (Å²) >= 11 is 0. The molecule has 2 N–H and O–H groups in total. The molecule has 0 unspecified atom stereocenters. The number of carbonyl (C=O) groups excluding carboxylic acids is 1. The van der Waals surface area contributed by atoms with E-state index in [0.29, 0.717) is 12.1 Å². The van der Waals surface area contributed by atoms with Gasteiger partial charge in [-0.1, -0.05) is 30.2 Å². The van der Waals surface area contributed by atoms with E-state index in [-0.39, 0.29) is 12.2 Å². The molecule has 0 bridgehead atoms. The SMILES string of the molecule is C#CCC(=O)c1ccc(CN)cc1. The quantitative estimate of drug-likeness (QED) is 0.554. The fraction of sp³-hybridized carbons (Fsp3) is 0.182. The minimum atomic E-state index is -0.0222. The van der Waals surface area contributed by atoms with E-state index in [0.717, 1.165) is 5.56 Å². The van der Waals surface area contributed by atoms with Gasteiger partial charge in [0.05, 0.1) is 6.42 Å². The Morgan fingerprint density at radius 3 is 2.46 bits per heavy atom. The number of nitrogens with two attached hydrogens (primary N) is 1. The van der Waals surface area contributed by atoms with E-state index in [2.05, 4.69) is 5.92 Å². The Morgan fingerprint density at radius 1 is 1.38 bits per heavy atom. The molecule has 0 aliphatic heterocycles. The molecular weight excluding hydrogens is 162 g/mol. The Balaban J connectivity index is 2.81. The largest absolute Gasteiger partial charge is 0.326 e. The van der Waals surface area contributed by atoms with Crippen molar-refractivity contribution in [1.29, 1.82) is 0 Å². The second-order valence-electron chi connectivity index (χ2n) is 2.71. The summed E-state index contributed by atoms with van der Waals surface area (Å²) in [5, 5.41) is 0. The minimum Gasteiger partial charge on any atom is -0.326 e. The molecule has 2 nitrogen and oxygen atoms in total. The van der Waals surface area contributed by atoms with E-state index >= 15 is 0 Å². The van der Waals surface area contributed by atoms with Crippen LogP contribution in [0.25, 0.3) is 0 Å². The van der Waals surface area contributed by atoms with Crippen LogP contribution in [-0.2, 0) is 6.54 Å². The number of carbonyl (C=O) groups is 1. The van der Waals surface area contributed by atoms with Crippen molar-refractivity contribution >= 4 is 5.78 Å². The van der Waals surface area contributed by atoms with Crippen LogP contribution in [0.4, 0.5) is 0 Å². The molecule has 0 saturated carbocycles. The Kier molecular flexibility index (Phi) is 3.24. The zero-order chi connectivity index (χ0) is 9.68. The molecule has 0 spiro atoms. The average Bonchev–Trinajstić information content (AvgIpc) is 2.18. The highest BCUT2D eigenvalue weighted by molar-refractivity contribution is 5.97. The standard InChI is InChI=1S/C11H11NO/c1-2-3-11(13)10-6-4-9(8-12)5-7-10/h1,4-7H,3,8,12H2. The van der Waals surface area contributed by atoms with Crippen LogP contribution in [0, 0.1) is 12.3 Å². The van der Waals surface area contributed by atoms with Crippen LogP contribution in [0.3, 0.4) is 0 Å². The predicted octanol–water partition coefficient (Wildman–Crippen LogP) is 1.35. The zero-order valence-electron chi connectivity index (χ0n) is 7.29. The number of Topliss-reactive ketones (excluding diaryl/α,β-unsaturated/α-hetero) is 1. The predicted molar refractivity (Wildman–Crippen MR) is 52.1 cm³/mol. The minimum absolute atomic E-state index is 0.0222. The van der Waals surface area contributed by atoms with Gasteiger partial charge in [0.25, 0.3) is 0 Å². The first kappa shape index (κ1) is 9.50. The molecule has 66 valence electrons. The lowest BCUT2D eigenvalue weighted by molar-refractivity contribution is 0.0998. The van der Waals surface area contributed by atoms with Crippen LogP contribution in [0.15, 0.2) is 24.3 Å². The zero-order valence-corrected chi connectivity index (χ0v) is 7.29. The monoisotopic (exact) mass is 173 g/mol. The number of ketones is 1. The van der Waals surface area contributed by atoms with E-state index in [9.17, 15) is 4.79 Å². The Morgan fingerprint density at radius 2 is 2.00 bits per heavy atom. The van der Waals surface area contributed by atoms with Crippen LogP contribution >= 0.6 is 0 Å². The summed E-state index contributed by atoms with van der Waals surface area (Å²) in [5.74, 6) is 2.30. The van der Waals surface area contributed by atoms with Crippen molar-refractivity contribution in [3.05, 3.63) is 35.4 Å². The molecule has 0 fully saturated rings. The lowest BCUT2D eigenvalue weighted by atomic mass is 10.1. The molecule has 0 radical (unpaired) electrons. The number of benzene rings is 1. The molecule has 0 atom stereocenters. The maximum atomic E-state index is 11.3. The molecule has 1 rings (SSSR count). The van der Waals surface area contributed by atoms with Crippen molar-refractivity contribution in [3.63, 3.8) is 0 Å². The summed E-state index contributed by atoms with van der Waals surface area (Å²) in [6.07, 6.45) is 5.19. The van der Waals surface area contributed by atoms with Crippen LogP contribution < -0.4 is 5.73 Å². The van der Waals surface area contributed by atoms with Gasteiger partial charge in [-0.3, -0.25) is 4.79 Å². The Hall–Kier alpha value is -1.59. The molecule has 1 aromatic rings. The van der Waals surface area contributed by atoms with Gasteiger partial charge in [-0.15, -0.1) is 6.42 Å². The normalized spacial score (nSPS) is 9.23. The molecule has 0 aliphatic rings. The maximum absolute atomic E-state index is 11.3. The van der Waals surface area contributed by atoms with Gasteiger partial charge < -0.3 is 5.73 Å². The van der Waals surface area contributed by atoms with Crippen molar-refractivity contribution in [2.24, 2.45) is 5.73 Å². The smallest absolute Gasteiger partial charge is 0.174 e. The highest BCUT2D eigenvalue weighted by Gasteiger charge is 2.02. The van der Waals surface area contributed by atoms with Gasteiger partial charge in [-0.05, 0) is 5.56 Å². The molecular formula is C11H11NO. The van der Waals surface area contributed by atoms with Gasteiger partial charge in [0.2, 0.25) is 0 Å². The molecule has 0 amide bonds. The Bertz CT molecular complexity index is 332. The van der Waals surface area contributed by atoms with Gasteiger partial charge in [-0.2, -0.15) is 0 Å². The van der Waals surface area contributed by atoms with E-state index in [4.69, 9.17) is 12.2 Å². The lowest BCUT2D eigenvalue weighted by Crippen LogP contribution is -1.99. The van der Waals surface area contributed by atoms with Crippen LogP contribution in [0.1, 0.15) is 22.3 Å². The van der Waals surface area contributed by atoms with Crippen molar-refractivity contribution in [2.75, 3.05) is 0 Å². The van der Waals surface area contributed by atoms with E-state index in [1.165, 1.54) is 0 Å². The molecule has 0 aromatic heterocycles. The lowest BCUT2D eigenvalue weighted by Gasteiger charge is -1.98. The first-order chi connectivity index (χ1) is 6.27. The topological polar surface area (TPSA) is 43.1 Å². The third-order valence-electron chi connectivity index (χ3n) is 1.77. The van der Waals surface area contributed by atoms with Gasteiger partial charge in [0, 0.05) is 12.1 Å². The molecule has 0 heterocycles. The molecule has 1 aromatic carbocycles. The molecule has 0 aliphatic carbocycles. The van der Waals surface area contributed by atoms with E-state index < -0.39 is 0 Å². The third kappa shape index (κ3) is 2.43. The second kappa shape index (κ2) is 4.44. The summed E-state index contributed by atoms with van der Waals surface area (Å²) in [5.41, 5.74) is 7.08. The Labute approximate surface area is 77.8 Å². The van der Waals surface area contributed by atoms with E-state index in [1.54, 1.807) is 12.1 Å². The van der Waals surface area contributed by atoms with Crippen molar-refractivity contribution < 1.29 is 4.79 Å². The van der Waals surface area contributed by atoms with Gasteiger partial charge in [-0.25, -0.2) is 0 Å². The fourth-order valence-corrected chi connectivity index (χ4v) is 1.02. The van der Waals surface area contributed by atoms with Crippen LogP contribution in [-0.4, -0.2) is 5.78 Å². The van der Waals surface area contributed by atoms with Gasteiger partial charge in [0.15, 0.2) is 5.78 Å². The summed E-state index contributed by atoms with van der Waals surface area (Å²) in [4.78, 5) is 11.3. The summed E-state index contributed by atoms with van der Waals surface area (Å²) in [6, 6.07) is 7.18. The van der Waals surface area contributed by atoms with Gasteiger partial charge >= 0.3 is 0 Å². The summed E-state index contributed by atoms with van der Waals surface area (Å²) < 4.78 is 0. The number of hydrogen-bond acceptors (Lipinski definition) is 2. The highest BCUT2D eigenvalue weighted by Crippen LogP contribution is 2.05. The summed E-state index contributed by atoms with van der Waals surface area (Å²) in [7, 11) is 0. The average molecular weight is 173 g/mol. The van der Waals surface area contributed by atoms with Crippen molar-refractivity contribution in [3.8, 4) is 12.3 Å². The third-order valence-corrected chi connectivity index (χ3v) is 1.77. The first-order valence-electron chi connectivity index (χ1n) is 4.03. The number of rotatable bonds is 3. The summed E-state index contributed by atoms with van der Waals surface area (Å²) in [6.45, 7) is 0.490. The molecule has 0 saturated heterocycles. The molecule has 2 heteroatoms. The first-order valence-corrected chi connectivity index (χ1v) is 4.03. The second-order valence-corrected chi connectivity index (χ2v) is 2.71. The van der Waals surface area contributed by atoms with Crippen molar-refractivity contribution in [2.45, 2.75) is 13.0 Å². The van der Waals surface area contributed by atoms with E-state index in [1.807, 2.05) is 12.1 Å². The maximum Gasteiger partial charge on any atom is 0.174 e. The van der Waals surface area contributed by atoms with Gasteiger partial charge in [0.1, 0.15) is 0 Å². The van der Waals surface area contributed by atoms with Crippen LogP contribution in [0.2, 0.25) is 0 Å². The van der Waals surface area contributed by atoms with Crippen molar-refractivity contribution in [1.82, 2.24) is 0 Å².